The normalized spacial score (nSPS) is 10.1. The standard InChI is InChI=1S/C14H11NO6/c16-10-3-2-8(14(20)21)5-9(10)15-13(19)7-1-4-11(17)12(18)6-7/h1-6,16-18H,(H,15,19)(H,20,21). The van der Waals surface area contributed by atoms with E-state index in [-0.39, 0.29) is 28.3 Å². The van der Waals surface area contributed by atoms with Crippen LogP contribution in [-0.2, 0) is 0 Å². The van der Waals surface area contributed by atoms with Gasteiger partial charge in [-0.3, -0.25) is 4.79 Å². The lowest BCUT2D eigenvalue weighted by Gasteiger charge is -2.09. The second-order valence-electron chi connectivity index (χ2n) is 4.19. The summed E-state index contributed by atoms with van der Waals surface area (Å²) in [4.78, 5) is 22.8. The van der Waals surface area contributed by atoms with Crippen molar-refractivity contribution in [1.82, 2.24) is 0 Å². The van der Waals surface area contributed by atoms with Gasteiger partial charge in [0.25, 0.3) is 5.91 Å². The summed E-state index contributed by atoms with van der Waals surface area (Å²) < 4.78 is 0. The van der Waals surface area contributed by atoms with Gasteiger partial charge in [-0.1, -0.05) is 0 Å². The molecule has 0 bridgehead atoms. The van der Waals surface area contributed by atoms with Crippen LogP contribution in [0.25, 0.3) is 0 Å². The molecule has 2 aromatic rings. The number of hydrogen-bond donors (Lipinski definition) is 5. The molecule has 108 valence electrons. The van der Waals surface area contributed by atoms with Crippen LogP contribution < -0.4 is 5.32 Å². The molecule has 1 amide bonds. The quantitative estimate of drug-likeness (QED) is 0.548. The van der Waals surface area contributed by atoms with E-state index in [1.165, 1.54) is 12.1 Å². The Balaban J connectivity index is 2.28. The Kier molecular flexibility index (Phi) is 3.66. The van der Waals surface area contributed by atoms with Crippen molar-refractivity contribution in [3.63, 3.8) is 0 Å². The molecule has 21 heavy (non-hydrogen) atoms. The molecule has 0 saturated carbocycles. The van der Waals surface area contributed by atoms with E-state index in [4.69, 9.17) is 10.2 Å². The van der Waals surface area contributed by atoms with Gasteiger partial charge in [-0.15, -0.1) is 0 Å². The van der Waals surface area contributed by atoms with Crippen molar-refractivity contribution in [1.29, 1.82) is 0 Å². The first-order valence-corrected chi connectivity index (χ1v) is 5.78. The number of benzene rings is 2. The second kappa shape index (κ2) is 5.41. The highest BCUT2D eigenvalue weighted by atomic mass is 16.4. The van der Waals surface area contributed by atoms with E-state index >= 15 is 0 Å². The molecule has 0 aliphatic carbocycles. The van der Waals surface area contributed by atoms with Gasteiger partial charge in [0.1, 0.15) is 5.75 Å². The molecule has 0 aliphatic rings. The van der Waals surface area contributed by atoms with E-state index < -0.39 is 17.6 Å². The minimum Gasteiger partial charge on any atom is -0.506 e. The SMILES string of the molecule is O=C(O)c1ccc(O)c(NC(=O)c2ccc(O)c(O)c2)c1. The van der Waals surface area contributed by atoms with E-state index in [9.17, 15) is 19.8 Å². The Bertz CT molecular complexity index is 725. The van der Waals surface area contributed by atoms with Crippen molar-refractivity contribution in [2.45, 2.75) is 0 Å². The maximum absolute atomic E-state index is 11.9. The molecule has 2 rings (SSSR count). The number of rotatable bonds is 3. The fraction of sp³-hybridized carbons (Fsp3) is 0. The van der Waals surface area contributed by atoms with Crippen LogP contribution in [0.4, 0.5) is 5.69 Å². The van der Waals surface area contributed by atoms with Crippen LogP contribution >= 0.6 is 0 Å². The van der Waals surface area contributed by atoms with E-state index in [2.05, 4.69) is 5.32 Å². The summed E-state index contributed by atoms with van der Waals surface area (Å²) in [5, 5.41) is 39.3. The average Bonchev–Trinajstić information content (AvgIpc) is 2.43. The monoisotopic (exact) mass is 289 g/mol. The number of nitrogens with one attached hydrogen (secondary N) is 1. The predicted octanol–water partition coefficient (Wildman–Crippen LogP) is 1.75. The van der Waals surface area contributed by atoms with Gasteiger partial charge in [-0.2, -0.15) is 0 Å². The highest BCUT2D eigenvalue weighted by Gasteiger charge is 2.13. The van der Waals surface area contributed by atoms with E-state index in [0.717, 1.165) is 24.3 Å². The van der Waals surface area contributed by atoms with Gasteiger partial charge >= 0.3 is 5.97 Å². The Hall–Kier alpha value is -3.22. The van der Waals surface area contributed by atoms with Crippen LogP contribution in [0.1, 0.15) is 20.7 Å². The molecule has 2 aromatic carbocycles. The molecule has 0 aliphatic heterocycles. The molecule has 0 radical (unpaired) electrons. The molecule has 5 N–H and O–H groups in total. The Morgan fingerprint density at radius 2 is 1.43 bits per heavy atom. The lowest BCUT2D eigenvalue weighted by molar-refractivity contribution is 0.0696. The van der Waals surface area contributed by atoms with Crippen molar-refractivity contribution in [2.75, 3.05) is 5.32 Å². The van der Waals surface area contributed by atoms with Crippen molar-refractivity contribution in [3.05, 3.63) is 47.5 Å². The summed E-state index contributed by atoms with van der Waals surface area (Å²) in [7, 11) is 0. The molecule has 0 spiro atoms. The number of carbonyl (C=O) groups is 2. The minimum absolute atomic E-state index is 0.0328. The van der Waals surface area contributed by atoms with Crippen LogP contribution in [0.5, 0.6) is 17.2 Å². The summed E-state index contributed by atoms with van der Waals surface area (Å²) in [5.41, 5.74) is -0.144. The lowest BCUT2D eigenvalue weighted by Crippen LogP contribution is -2.12. The number of carboxylic acids is 1. The average molecular weight is 289 g/mol. The lowest BCUT2D eigenvalue weighted by atomic mass is 10.1. The first-order valence-electron chi connectivity index (χ1n) is 5.78. The first kappa shape index (κ1) is 14.2. The van der Waals surface area contributed by atoms with Gasteiger partial charge in [-0.05, 0) is 36.4 Å². The third-order valence-electron chi connectivity index (χ3n) is 2.73. The smallest absolute Gasteiger partial charge is 0.335 e. The second-order valence-corrected chi connectivity index (χ2v) is 4.19. The summed E-state index contributed by atoms with van der Waals surface area (Å²) in [6.45, 7) is 0. The summed E-state index contributed by atoms with van der Waals surface area (Å²) in [6, 6.07) is 6.89. The zero-order valence-electron chi connectivity index (χ0n) is 10.6. The Labute approximate surface area is 118 Å². The molecule has 0 atom stereocenters. The minimum atomic E-state index is -1.20. The molecule has 0 unspecified atom stereocenters. The van der Waals surface area contributed by atoms with E-state index in [0.29, 0.717) is 0 Å². The van der Waals surface area contributed by atoms with Crippen molar-refractivity contribution >= 4 is 17.6 Å². The van der Waals surface area contributed by atoms with Crippen LogP contribution in [-0.4, -0.2) is 32.3 Å². The number of carboxylic acid groups (broad SMARTS) is 1. The highest BCUT2D eigenvalue weighted by molar-refractivity contribution is 6.06. The van der Waals surface area contributed by atoms with Gasteiger partial charge in [0.15, 0.2) is 11.5 Å². The number of aromatic hydroxyl groups is 3. The maximum Gasteiger partial charge on any atom is 0.335 e. The van der Waals surface area contributed by atoms with Gasteiger partial charge in [0.2, 0.25) is 0 Å². The third-order valence-corrected chi connectivity index (χ3v) is 2.73. The number of phenols is 3. The van der Waals surface area contributed by atoms with Gasteiger partial charge in [0.05, 0.1) is 11.3 Å². The Morgan fingerprint density at radius 1 is 0.810 bits per heavy atom. The van der Waals surface area contributed by atoms with E-state index in [1.807, 2.05) is 0 Å². The first-order chi connectivity index (χ1) is 9.88. The van der Waals surface area contributed by atoms with Gasteiger partial charge < -0.3 is 25.7 Å². The number of phenolic OH excluding ortho intramolecular Hbond substituents is 3. The molecule has 0 aromatic heterocycles. The molecule has 7 nitrogen and oxygen atoms in total. The van der Waals surface area contributed by atoms with Crippen LogP contribution in [0, 0.1) is 0 Å². The van der Waals surface area contributed by atoms with Crippen LogP contribution in [0.3, 0.4) is 0 Å². The summed E-state index contributed by atoms with van der Waals surface area (Å²) >= 11 is 0. The van der Waals surface area contributed by atoms with E-state index in [1.54, 1.807) is 0 Å². The fourth-order valence-corrected chi connectivity index (χ4v) is 1.63. The topological polar surface area (TPSA) is 127 Å². The molecule has 0 fully saturated rings. The number of anilines is 1. The zero-order valence-corrected chi connectivity index (χ0v) is 10.6. The maximum atomic E-state index is 11.9. The van der Waals surface area contributed by atoms with Crippen molar-refractivity contribution in [2.24, 2.45) is 0 Å². The van der Waals surface area contributed by atoms with Crippen molar-refractivity contribution in [3.8, 4) is 17.2 Å². The number of hydrogen-bond acceptors (Lipinski definition) is 5. The summed E-state index contributed by atoms with van der Waals surface area (Å²) in [5.74, 6) is -3.01. The third kappa shape index (κ3) is 3.03. The van der Waals surface area contributed by atoms with Gasteiger partial charge in [0, 0.05) is 5.56 Å². The predicted molar refractivity (Wildman–Crippen MR) is 72.8 cm³/mol. The molecular weight excluding hydrogens is 278 g/mol. The molecule has 7 heteroatoms. The summed E-state index contributed by atoms with van der Waals surface area (Å²) in [6.07, 6.45) is 0. The number of carbonyl (C=O) groups excluding carboxylic acids is 1. The van der Waals surface area contributed by atoms with Crippen LogP contribution in [0.2, 0.25) is 0 Å². The molecule has 0 saturated heterocycles. The van der Waals surface area contributed by atoms with Crippen LogP contribution in [0.15, 0.2) is 36.4 Å². The number of amides is 1. The molecule has 0 heterocycles. The molecular formula is C14H11NO6. The van der Waals surface area contributed by atoms with Gasteiger partial charge in [-0.25, -0.2) is 4.79 Å². The number of aromatic carboxylic acids is 1. The largest absolute Gasteiger partial charge is 0.506 e. The van der Waals surface area contributed by atoms with Crippen molar-refractivity contribution < 1.29 is 30.0 Å². The highest BCUT2D eigenvalue weighted by Crippen LogP contribution is 2.27. The zero-order chi connectivity index (χ0) is 15.6. The fourth-order valence-electron chi connectivity index (χ4n) is 1.63. The Morgan fingerprint density at radius 3 is 2.05 bits per heavy atom.